The summed E-state index contributed by atoms with van der Waals surface area (Å²) in [5.41, 5.74) is -0.375. The number of hydrogen-bond donors (Lipinski definition) is 2. The fourth-order valence-corrected chi connectivity index (χ4v) is 3.43. The zero-order chi connectivity index (χ0) is 19.1. The van der Waals surface area contributed by atoms with Crippen LogP contribution in [0.25, 0.3) is 22.4 Å². The molecule has 2 heterocycles. The number of aromatic carboxylic acids is 1. The third-order valence-electron chi connectivity index (χ3n) is 3.68. The molecule has 1 aromatic carbocycles. The minimum Gasteiger partial charge on any atom is -0.477 e. The first-order valence-electron chi connectivity index (χ1n) is 7.29. The number of nitrogens with one attached hydrogen (secondary N) is 1. The van der Waals surface area contributed by atoms with Gasteiger partial charge in [0.15, 0.2) is 0 Å². The quantitative estimate of drug-likeness (QED) is 0.714. The van der Waals surface area contributed by atoms with Gasteiger partial charge in [-0.2, -0.15) is 13.2 Å². The molecule has 0 spiro atoms. The number of thiophene rings is 1. The third-order valence-corrected chi connectivity index (χ3v) is 4.86. The van der Waals surface area contributed by atoms with Gasteiger partial charge in [-0.05, 0) is 36.3 Å². The molecule has 26 heavy (non-hydrogen) atoms. The van der Waals surface area contributed by atoms with E-state index in [1.807, 2.05) is 0 Å². The molecule has 0 unspecified atom stereocenters. The van der Waals surface area contributed by atoms with Crippen molar-refractivity contribution >= 4 is 39.7 Å². The standard InChI is InChI=1S/C17H11F3N2O3S/c1-8-12-14(23)21-11(22-15(12)26-13(8)16(24)25)7-4-9-2-5-10(6-3-9)17(18,19)20/h2-7H,1H3,(H,24,25)(H,21,22,23)/b7-4+. The van der Waals surface area contributed by atoms with Crippen molar-refractivity contribution in [1.29, 1.82) is 0 Å². The number of aryl methyl sites for hydroxylation is 1. The number of aromatic nitrogens is 2. The van der Waals surface area contributed by atoms with Gasteiger partial charge >= 0.3 is 12.1 Å². The Hall–Kier alpha value is -2.94. The maximum atomic E-state index is 12.5. The number of nitrogens with zero attached hydrogens (tertiary/aromatic N) is 1. The van der Waals surface area contributed by atoms with E-state index in [1.54, 1.807) is 0 Å². The van der Waals surface area contributed by atoms with Crippen molar-refractivity contribution in [2.45, 2.75) is 13.1 Å². The molecule has 0 aliphatic heterocycles. The van der Waals surface area contributed by atoms with Crippen LogP contribution in [-0.2, 0) is 6.18 Å². The summed E-state index contributed by atoms with van der Waals surface area (Å²) in [6.45, 7) is 1.54. The van der Waals surface area contributed by atoms with Crippen LogP contribution in [0.2, 0.25) is 0 Å². The summed E-state index contributed by atoms with van der Waals surface area (Å²) in [6.07, 6.45) is -1.46. The molecule has 0 atom stereocenters. The van der Waals surface area contributed by atoms with Crippen LogP contribution in [0.3, 0.4) is 0 Å². The van der Waals surface area contributed by atoms with Gasteiger partial charge in [-0.3, -0.25) is 4.79 Å². The summed E-state index contributed by atoms with van der Waals surface area (Å²) in [5, 5.41) is 9.36. The molecular weight excluding hydrogens is 369 g/mol. The number of H-pyrrole nitrogens is 1. The topological polar surface area (TPSA) is 83.0 Å². The zero-order valence-electron chi connectivity index (χ0n) is 13.2. The van der Waals surface area contributed by atoms with Crippen LogP contribution < -0.4 is 5.56 Å². The molecule has 3 aromatic rings. The molecule has 0 radical (unpaired) electrons. The minimum atomic E-state index is -4.40. The highest BCUT2D eigenvalue weighted by Crippen LogP contribution is 2.29. The lowest BCUT2D eigenvalue weighted by molar-refractivity contribution is -0.137. The van der Waals surface area contributed by atoms with E-state index in [0.29, 0.717) is 11.1 Å². The highest BCUT2D eigenvalue weighted by Gasteiger charge is 2.29. The minimum absolute atomic E-state index is 0.0434. The van der Waals surface area contributed by atoms with Crippen molar-refractivity contribution in [3.05, 3.63) is 62.0 Å². The van der Waals surface area contributed by atoms with Gasteiger partial charge in [-0.25, -0.2) is 9.78 Å². The number of carboxylic acids is 1. The van der Waals surface area contributed by atoms with E-state index >= 15 is 0 Å². The van der Waals surface area contributed by atoms with Crippen molar-refractivity contribution < 1.29 is 23.1 Å². The predicted octanol–water partition coefficient (Wildman–Crippen LogP) is 4.18. The molecule has 3 rings (SSSR count). The van der Waals surface area contributed by atoms with Gasteiger partial charge in [0.05, 0.1) is 10.9 Å². The molecule has 0 bridgehead atoms. The molecule has 5 nitrogen and oxygen atoms in total. The number of rotatable bonds is 3. The van der Waals surface area contributed by atoms with Crippen molar-refractivity contribution in [1.82, 2.24) is 9.97 Å². The number of hydrogen-bond acceptors (Lipinski definition) is 4. The first kappa shape index (κ1) is 17.9. The third kappa shape index (κ3) is 3.38. The second-order valence-corrected chi connectivity index (χ2v) is 6.44. The smallest absolute Gasteiger partial charge is 0.416 e. The Bertz CT molecular complexity index is 1080. The average Bonchev–Trinajstić information content (AvgIpc) is 2.90. The molecule has 0 amide bonds. The monoisotopic (exact) mass is 380 g/mol. The normalized spacial score (nSPS) is 12.2. The van der Waals surface area contributed by atoms with E-state index < -0.39 is 23.3 Å². The van der Waals surface area contributed by atoms with Crippen molar-refractivity contribution in [2.24, 2.45) is 0 Å². The second-order valence-electron chi connectivity index (χ2n) is 5.45. The number of carboxylic acid groups (broad SMARTS) is 1. The largest absolute Gasteiger partial charge is 0.477 e. The maximum Gasteiger partial charge on any atom is 0.416 e. The van der Waals surface area contributed by atoms with E-state index in [1.165, 1.54) is 31.2 Å². The molecule has 2 aromatic heterocycles. The lowest BCUT2D eigenvalue weighted by Crippen LogP contribution is -2.09. The van der Waals surface area contributed by atoms with Gasteiger partial charge in [-0.15, -0.1) is 11.3 Å². The molecule has 0 saturated carbocycles. The lowest BCUT2D eigenvalue weighted by atomic mass is 10.1. The highest BCUT2D eigenvalue weighted by atomic mass is 32.1. The molecule has 0 aliphatic carbocycles. The van der Waals surface area contributed by atoms with Gasteiger partial charge in [0.1, 0.15) is 15.5 Å². The van der Waals surface area contributed by atoms with Gasteiger partial charge < -0.3 is 10.1 Å². The fourth-order valence-electron chi connectivity index (χ4n) is 2.40. The first-order chi connectivity index (χ1) is 12.2. The van der Waals surface area contributed by atoms with E-state index in [9.17, 15) is 22.8 Å². The molecule has 2 N–H and O–H groups in total. The molecule has 0 fully saturated rings. The summed E-state index contributed by atoms with van der Waals surface area (Å²) in [7, 11) is 0. The Morgan fingerprint density at radius 3 is 2.46 bits per heavy atom. The van der Waals surface area contributed by atoms with Gasteiger partial charge in [0, 0.05) is 0 Å². The van der Waals surface area contributed by atoms with E-state index in [2.05, 4.69) is 9.97 Å². The van der Waals surface area contributed by atoms with Crippen molar-refractivity contribution in [3.63, 3.8) is 0 Å². The number of aromatic amines is 1. The first-order valence-corrected chi connectivity index (χ1v) is 8.10. The van der Waals surface area contributed by atoms with Crippen LogP contribution in [0.15, 0.2) is 29.1 Å². The number of carbonyl (C=O) groups is 1. The van der Waals surface area contributed by atoms with Crippen LogP contribution in [0.1, 0.15) is 32.2 Å². The van der Waals surface area contributed by atoms with Crippen LogP contribution in [0, 0.1) is 6.92 Å². The lowest BCUT2D eigenvalue weighted by Gasteiger charge is -2.05. The zero-order valence-corrected chi connectivity index (χ0v) is 14.0. The Morgan fingerprint density at radius 2 is 1.88 bits per heavy atom. The van der Waals surface area contributed by atoms with Crippen LogP contribution in [0.4, 0.5) is 13.2 Å². The fraction of sp³-hybridized carbons (Fsp3) is 0.118. The number of fused-ring (bicyclic) bond motifs is 1. The van der Waals surface area contributed by atoms with Crippen molar-refractivity contribution in [3.8, 4) is 0 Å². The number of alkyl halides is 3. The average molecular weight is 380 g/mol. The predicted molar refractivity (Wildman–Crippen MR) is 92.3 cm³/mol. The SMILES string of the molecule is Cc1c(C(=O)O)sc2nc(/C=C/c3ccc(C(F)(F)F)cc3)[nH]c(=O)c12. The summed E-state index contributed by atoms with van der Waals surface area (Å²) in [6, 6.07) is 4.52. The van der Waals surface area contributed by atoms with Crippen molar-refractivity contribution in [2.75, 3.05) is 0 Å². The summed E-state index contributed by atoms with van der Waals surface area (Å²) in [4.78, 5) is 30.4. The Balaban J connectivity index is 1.95. The molecule has 0 saturated heterocycles. The summed E-state index contributed by atoms with van der Waals surface area (Å²) >= 11 is 0.897. The maximum absolute atomic E-state index is 12.5. The molecular formula is C17H11F3N2O3S. The van der Waals surface area contributed by atoms with E-state index in [4.69, 9.17) is 5.11 Å². The number of benzene rings is 1. The van der Waals surface area contributed by atoms with Crippen LogP contribution in [-0.4, -0.2) is 21.0 Å². The summed E-state index contributed by atoms with van der Waals surface area (Å²) < 4.78 is 37.6. The van der Waals surface area contributed by atoms with Gasteiger partial charge in [0.25, 0.3) is 5.56 Å². The number of halogens is 3. The molecule has 0 aliphatic rings. The van der Waals surface area contributed by atoms with Gasteiger partial charge in [-0.1, -0.05) is 18.2 Å². The Labute approximate surface area is 148 Å². The summed E-state index contributed by atoms with van der Waals surface area (Å²) in [5.74, 6) is -0.952. The van der Waals surface area contributed by atoms with E-state index in [0.717, 1.165) is 23.5 Å². The van der Waals surface area contributed by atoms with E-state index in [-0.39, 0.29) is 20.9 Å². The van der Waals surface area contributed by atoms with Crippen LogP contribution >= 0.6 is 11.3 Å². The second kappa shape index (κ2) is 6.41. The van der Waals surface area contributed by atoms with Gasteiger partial charge in [0.2, 0.25) is 0 Å². The highest BCUT2D eigenvalue weighted by molar-refractivity contribution is 7.20. The molecule has 134 valence electrons. The Kier molecular flexibility index (Phi) is 4.41. The Morgan fingerprint density at radius 1 is 1.23 bits per heavy atom. The van der Waals surface area contributed by atoms with Crippen LogP contribution in [0.5, 0.6) is 0 Å². The molecule has 9 heteroatoms.